The predicted molar refractivity (Wildman–Crippen MR) is 74.7 cm³/mol. The maximum atomic E-state index is 12.0. The topological polar surface area (TPSA) is 29.5 Å². The largest absolute Gasteiger partial charge is 0.449 e. The minimum atomic E-state index is -0.0769. The van der Waals surface area contributed by atoms with Crippen LogP contribution in [-0.4, -0.2) is 30.2 Å². The van der Waals surface area contributed by atoms with Crippen LogP contribution in [0.5, 0.6) is 0 Å². The highest BCUT2D eigenvalue weighted by Crippen LogP contribution is 2.22. The average molecular weight is 255 g/mol. The standard InChI is InChI=1S/C15H29NO2/c1-3-5-9-13-18-15(17)16-12-8-7-11-14(16)10-6-4-2/h14H,3-13H2,1-2H3. The van der Waals surface area contributed by atoms with Crippen LogP contribution in [0.4, 0.5) is 4.79 Å². The number of carbonyl (C=O) groups excluding carboxylic acids is 1. The summed E-state index contributed by atoms with van der Waals surface area (Å²) in [7, 11) is 0. The SMILES string of the molecule is CCCCCOC(=O)N1CCCCC1CCCC. The van der Waals surface area contributed by atoms with Gasteiger partial charge in [0.25, 0.3) is 0 Å². The van der Waals surface area contributed by atoms with Crippen molar-refractivity contribution in [2.75, 3.05) is 13.2 Å². The number of hydrogen-bond donors (Lipinski definition) is 0. The van der Waals surface area contributed by atoms with Crippen LogP contribution in [0.1, 0.15) is 71.6 Å². The monoisotopic (exact) mass is 255 g/mol. The molecular formula is C15H29NO2. The zero-order chi connectivity index (χ0) is 13.2. The Morgan fingerprint density at radius 1 is 1.17 bits per heavy atom. The third kappa shape index (κ3) is 5.28. The van der Waals surface area contributed by atoms with Crippen LogP contribution >= 0.6 is 0 Å². The molecule has 0 bridgehead atoms. The second-order valence-corrected chi connectivity index (χ2v) is 5.31. The molecule has 0 aliphatic carbocycles. The third-order valence-corrected chi connectivity index (χ3v) is 3.73. The highest BCUT2D eigenvalue weighted by molar-refractivity contribution is 5.68. The molecule has 18 heavy (non-hydrogen) atoms. The van der Waals surface area contributed by atoms with Gasteiger partial charge in [-0.1, -0.05) is 39.5 Å². The molecule has 0 aromatic rings. The van der Waals surface area contributed by atoms with Gasteiger partial charge in [0.05, 0.1) is 6.61 Å². The Hall–Kier alpha value is -0.730. The van der Waals surface area contributed by atoms with E-state index in [1.165, 1.54) is 25.7 Å². The summed E-state index contributed by atoms with van der Waals surface area (Å²) < 4.78 is 5.38. The highest BCUT2D eigenvalue weighted by atomic mass is 16.6. The van der Waals surface area contributed by atoms with Gasteiger partial charge >= 0.3 is 6.09 Å². The molecule has 0 spiro atoms. The number of amides is 1. The van der Waals surface area contributed by atoms with E-state index in [2.05, 4.69) is 13.8 Å². The number of nitrogens with zero attached hydrogens (tertiary/aromatic N) is 1. The number of hydrogen-bond acceptors (Lipinski definition) is 2. The molecule has 1 heterocycles. The highest BCUT2D eigenvalue weighted by Gasteiger charge is 2.26. The first-order valence-corrected chi connectivity index (χ1v) is 7.73. The molecule has 0 saturated carbocycles. The number of piperidine rings is 1. The van der Waals surface area contributed by atoms with Crippen LogP contribution in [0.15, 0.2) is 0 Å². The first-order valence-electron chi connectivity index (χ1n) is 7.73. The molecule has 1 atom stereocenters. The van der Waals surface area contributed by atoms with Gasteiger partial charge in [-0.3, -0.25) is 0 Å². The van der Waals surface area contributed by atoms with Crippen LogP contribution in [-0.2, 0) is 4.74 Å². The van der Waals surface area contributed by atoms with E-state index in [-0.39, 0.29) is 6.09 Å². The van der Waals surface area contributed by atoms with Crippen LogP contribution in [0.25, 0.3) is 0 Å². The average Bonchev–Trinajstić information content (AvgIpc) is 2.41. The molecule has 3 heteroatoms. The molecule has 0 aromatic heterocycles. The van der Waals surface area contributed by atoms with E-state index in [4.69, 9.17) is 4.74 Å². The second kappa shape index (κ2) is 9.23. The number of unbranched alkanes of at least 4 members (excludes halogenated alkanes) is 3. The maximum absolute atomic E-state index is 12.0. The van der Waals surface area contributed by atoms with Crippen molar-refractivity contribution >= 4 is 6.09 Å². The Morgan fingerprint density at radius 2 is 1.94 bits per heavy atom. The summed E-state index contributed by atoms with van der Waals surface area (Å²) in [5, 5.41) is 0. The van der Waals surface area contributed by atoms with Crippen LogP contribution in [0.3, 0.4) is 0 Å². The molecule has 1 rings (SSSR count). The van der Waals surface area contributed by atoms with Gasteiger partial charge in [0.1, 0.15) is 0 Å². The number of carbonyl (C=O) groups is 1. The Bertz CT molecular complexity index is 231. The first kappa shape index (κ1) is 15.3. The van der Waals surface area contributed by atoms with Crippen molar-refractivity contribution in [1.82, 2.24) is 4.90 Å². The quantitative estimate of drug-likeness (QED) is 0.633. The number of rotatable bonds is 7. The van der Waals surface area contributed by atoms with Gasteiger partial charge in [0.15, 0.2) is 0 Å². The molecule has 0 radical (unpaired) electrons. The van der Waals surface area contributed by atoms with Gasteiger partial charge in [0, 0.05) is 12.6 Å². The van der Waals surface area contributed by atoms with E-state index < -0.39 is 0 Å². The number of likely N-dealkylation sites (tertiary alicyclic amines) is 1. The van der Waals surface area contributed by atoms with Crippen LogP contribution in [0, 0.1) is 0 Å². The fraction of sp³-hybridized carbons (Fsp3) is 0.933. The molecule has 0 aromatic carbocycles. The van der Waals surface area contributed by atoms with Gasteiger partial charge in [0.2, 0.25) is 0 Å². The van der Waals surface area contributed by atoms with Crippen molar-refractivity contribution < 1.29 is 9.53 Å². The third-order valence-electron chi connectivity index (χ3n) is 3.73. The first-order chi connectivity index (χ1) is 8.79. The lowest BCUT2D eigenvalue weighted by molar-refractivity contribution is 0.0692. The molecule has 1 aliphatic heterocycles. The van der Waals surface area contributed by atoms with E-state index in [1.807, 2.05) is 4.90 Å². The van der Waals surface area contributed by atoms with E-state index in [9.17, 15) is 4.79 Å². The van der Waals surface area contributed by atoms with Crippen LogP contribution in [0.2, 0.25) is 0 Å². The summed E-state index contributed by atoms with van der Waals surface area (Å²) in [5.41, 5.74) is 0. The van der Waals surface area contributed by atoms with Gasteiger partial charge < -0.3 is 9.64 Å². The molecule has 1 aliphatic rings. The van der Waals surface area contributed by atoms with Gasteiger partial charge in [-0.15, -0.1) is 0 Å². The van der Waals surface area contributed by atoms with Crippen molar-refractivity contribution in [3.8, 4) is 0 Å². The molecular weight excluding hydrogens is 226 g/mol. The zero-order valence-corrected chi connectivity index (χ0v) is 12.1. The summed E-state index contributed by atoms with van der Waals surface area (Å²) in [6.07, 6.45) is 10.3. The molecule has 1 unspecified atom stereocenters. The van der Waals surface area contributed by atoms with Crippen molar-refractivity contribution in [3.63, 3.8) is 0 Å². The molecule has 106 valence electrons. The van der Waals surface area contributed by atoms with E-state index in [0.717, 1.165) is 38.6 Å². The zero-order valence-electron chi connectivity index (χ0n) is 12.1. The minimum Gasteiger partial charge on any atom is -0.449 e. The smallest absolute Gasteiger partial charge is 0.410 e. The van der Waals surface area contributed by atoms with Gasteiger partial charge in [-0.2, -0.15) is 0 Å². The van der Waals surface area contributed by atoms with Crippen molar-refractivity contribution in [1.29, 1.82) is 0 Å². The molecule has 1 amide bonds. The van der Waals surface area contributed by atoms with E-state index in [1.54, 1.807) is 0 Å². The van der Waals surface area contributed by atoms with Crippen LogP contribution < -0.4 is 0 Å². The summed E-state index contributed by atoms with van der Waals surface area (Å²) in [6, 6.07) is 0.428. The molecule has 1 saturated heterocycles. The summed E-state index contributed by atoms with van der Waals surface area (Å²) in [4.78, 5) is 14.0. The Labute approximate surface area is 112 Å². The Balaban J connectivity index is 2.32. The van der Waals surface area contributed by atoms with Crippen molar-refractivity contribution in [3.05, 3.63) is 0 Å². The van der Waals surface area contributed by atoms with Crippen molar-refractivity contribution in [2.24, 2.45) is 0 Å². The fourth-order valence-electron chi connectivity index (χ4n) is 2.58. The lowest BCUT2D eigenvalue weighted by atomic mass is 9.98. The fourth-order valence-corrected chi connectivity index (χ4v) is 2.58. The predicted octanol–water partition coefficient (Wildman–Crippen LogP) is 4.36. The molecule has 3 nitrogen and oxygen atoms in total. The number of ether oxygens (including phenoxy) is 1. The summed E-state index contributed by atoms with van der Waals surface area (Å²) in [6.45, 7) is 5.84. The maximum Gasteiger partial charge on any atom is 0.410 e. The van der Waals surface area contributed by atoms with Crippen molar-refractivity contribution in [2.45, 2.75) is 77.7 Å². The minimum absolute atomic E-state index is 0.0769. The summed E-state index contributed by atoms with van der Waals surface area (Å²) >= 11 is 0. The Kier molecular flexibility index (Phi) is 7.86. The lowest BCUT2D eigenvalue weighted by Gasteiger charge is -2.35. The second-order valence-electron chi connectivity index (χ2n) is 5.31. The summed E-state index contributed by atoms with van der Waals surface area (Å²) in [5.74, 6) is 0. The van der Waals surface area contributed by atoms with Gasteiger partial charge in [-0.05, 0) is 32.1 Å². The lowest BCUT2D eigenvalue weighted by Crippen LogP contribution is -2.44. The van der Waals surface area contributed by atoms with E-state index in [0.29, 0.717) is 12.6 Å². The molecule has 1 fully saturated rings. The normalized spacial score (nSPS) is 19.9. The van der Waals surface area contributed by atoms with Gasteiger partial charge in [-0.25, -0.2) is 4.79 Å². The Morgan fingerprint density at radius 3 is 2.67 bits per heavy atom. The molecule has 0 N–H and O–H groups in total. The van der Waals surface area contributed by atoms with E-state index >= 15 is 0 Å².